The highest BCUT2D eigenvalue weighted by Gasteiger charge is 2.17. The van der Waals surface area contributed by atoms with Gasteiger partial charge in [-0.15, -0.1) is 0 Å². The monoisotopic (exact) mass is 406 g/mol. The van der Waals surface area contributed by atoms with Crippen molar-refractivity contribution < 1.29 is 4.79 Å². The van der Waals surface area contributed by atoms with Gasteiger partial charge in [0.15, 0.2) is 5.16 Å². The van der Waals surface area contributed by atoms with Crippen molar-refractivity contribution in [3.63, 3.8) is 0 Å². The third kappa shape index (κ3) is 4.66. The molecule has 0 fully saturated rings. The van der Waals surface area contributed by atoms with Crippen molar-refractivity contribution in [3.05, 3.63) is 64.4 Å². The molecule has 1 amide bonds. The van der Waals surface area contributed by atoms with Crippen LogP contribution in [0.15, 0.2) is 58.5 Å². The topological polar surface area (TPSA) is 87.8 Å². The molecule has 0 radical (unpaired) electrons. The molecule has 0 aliphatic rings. The van der Waals surface area contributed by atoms with Crippen LogP contribution in [0.3, 0.4) is 0 Å². The summed E-state index contributed by atoms with van der Waals surface area (Å²) in [6.45, 7) is 4.46. The van der Waals surface area contributed by atoms with Crippen LogP contribution < -0.4 is 10.9 Å². The molecule has 0 spiro atoms. The van der Waals surface area contributed by atoms with Gasteiger partial charge in [0.1, 0.15) is 0 Å². The molecule has 0 bridgehead atoms. The Hall–Kier alpha value is -3.11. The summed E-state index contributed by atoms with van der Waals surface area (Å²) in [6.07, 6.45) is 0.261. The average Bonchev–Trinajstić information content (AvgIpc) is 2.72. The zero-order valence-electron chi connectivity index (χ0n) is 16.4. The van der Waals surface area contributed by atoms with Gasteiger partial charge >= 0.3 is 0 Å². The Morgan fingerprint density at radius 2 is 1.93 bits per heavy atom. The number of nitrogens with one attached hydrogen (secondary N) is 1. The van der Waals surface area contributed by atoms with Crippen LogP contribution in [0, 0.1) is 11.3 Å². The molecule has 2 aromatic carbocycles. The maximum atomic E-state index is 13.4. The lowest BCUT2D eigenvalue weighted by Crippen LogP contribution is -2.27. The molecule has 7 heteroatoms. The third-order valence-corrected chi connectivity index (χ3v) is 5.37. The van der Waals surface area contributed by atoms with E-state index in [9.17, 15) is 9.59 Å². The number of carbonyl (C=O) groups excluding carboxylic acids is 1. The van der Waals surface area contributed by atoms with E-state index in [4.69, 9.17) is 5.26 Å². The normalized spacial score (nSPS) is 10.8. The first-order valence-corrected chi connectivity index (χ1v) is 10.4. The average molecular weight is 407 g/mol. The minimum atomic E-state index is -0.198. The summed E-state index contributed by atoms with van der Waals surface area (Å²) in [5.74, 6) is 0.133. The smallest absolute Gasteiger partial charge is 0.266 e. The molecule has 0 saturated carbocycles. The summed E-state index contributed by atoms with van der Waals surface area (Å²) >= 11 is 1.21. The van der Waals surface area contributed by atoms with Crippen LogP contribution in [0.25, 0.3) is 16.6 Å². The fourth-order valence-corrected chi connectivity index (χ4v) is 3.88. The highest BCUT2D eigenvalue weighted by Crippen LogP contribution is 2.27. The highest BCUT2D eigenvalue weighted by atomic mass is 32.2. The number of nitriles is 1. The van der Waals surface area contributed by atoms with E-state index in [0.717, 1.165) is 11.3 Å². The highest BCUT2D eigenvalue weighted by molar-refractivity contribution is 7.99. The van der Waals surface area contributed by atoms with E-state index in [1.54, 1.807) is 16.7 Å². The van der Waals surface area contributed by atoms with Crippen LogP contribution in [-0.2, 0) is 4.79 Å². The van der Waals surface area contributed by atoms with Gasteiger partial charge in [-0.3, -0.25) is 14.2 Å². The van der Waals surface area contributed by atoms with Crippen LogP contribution in [0.2, 0.25) is 0 Å². The maximum absolute atomic E-state index is 13.4. The molecule has 1 N–H and O–H groups in total. The van der Waals surface area contributed by atoms with Crippen LogP contribution in [0.5, 0.6) is 0 Å². The van der Waals surface area contributed by atoms with E-state index in [-0.39, 0.29) is 29.6 Å². The van der Waals surface area contributed by atoms with Gasteiger partial charge < -0.3 is 5.32 Å². The number of amides is 1. The second kappa shape index (κ2) is 9.39. The lowest BCUT2D eigenvalue weighted by molar-refractivity contribution is -0.118. The van der Waals surface area contributed by atoms with Crippen molar-refractivity contribution in [3.8, 4) is 11.8 Å². The van der Waals surface area contributed by atoms with E-state index in [1.807, 2.05) is 42.5 Å². The van der Waals surface area contributed by atoms with Gasteiger partial charge in [0.05, 0.1) is 34.8 Å². The standard InChI is InChI=1S/C22H22N4O2S/c1-15(2)16-8-4-6-11-19(16)26-21(28)17-9-3-5-10-18(17)25-22(26)29-14-20(27)24-13-7-12-23/h3-6,8-11,15H,7,13-14H2,1-2H3,(H,24,27). The van der Waals surface area contributed by atoms with Crippen molar-refractivity contribution in [2.45, 2.75) is 31.3 Å². The Balaban J connectivity index is 2.07. The number of rotatable bonds is 7. The van der Waals surface area contributed by atoms with Gasteiger partial charge in [-0.2, -0.15) is 5.26 Å². The number of aromatic nitrogens is 2. The van der Waals surface area contributed by atoms with Gasteiger partial charge in [0, 0.05) is 6.54 Å². The largest absolute Gasteiger partial charge is 0.354 e. The summed E-state index contributed by atoms with van der Waals surface area (Å²) < 4.78 is 1.60. The fraction of sp³-hybridized carbons (Fsp3) is 0.273. The van der Waals surface area contributed by atoms with Gasteiger partial charge in [-0.1, -0.05) is 55.9 Å². The Morgan fingerprint density at radius 3 is 2.69 bits per heavy atom. The molecule has 29 heavy (non-hydrogen) atoms. The van der Waals surface area contributed by atoms with Gasteiger partial charge in [0.2, 0.25) is 5.91 Å². The zero-order chi connectivity index (χ0) is 20.8. The van der Waals surface area contributed by atoms with Crippen LogP contribution >= 0.6 is 11.8 Å². The fourth-order valence-electron chi connectivity index (χ4n) is 3.04. The number of fused-ring (bicyclic) bond motifs is 1. The summed E-state index contributed by atoms with van der Waals surface area (Å²) in [6, 6.07) is 17.0. The first-order chi connectivity index (χ1) is 14.0. The molecular weight excluding hydrogens is 384 g/mol. The van der Waals surface area contributed by atoms with Gasteiger partial charge in [0.25, 0.3) is 5.56 Å². The zero-order valence-corrected chi connectivity index (χ0v) is 17.2. The van der Waals surface area contributed by atoms with E-state index < -0.39 is 0 Å². The van der Waals surface area contributed by atoms with E-state index in [0.29, 0.717) is 22.6 Å². The van der Waals surface area contributed by atoms with E-state index in [1.165, 1.54) is 11.8 Å². The van der Waals surface area contributed by atoms with Crippen molar-refractivity contribution in [2.24, 2.45) is 0 Å². The molecule has 0 unspecified atom stereocenters. The minimum absolute atomic E-state index is 0.111. The van der Waals surface area contributed by atoms with E-state index >= 15 is 0 Å². The molecule has 3 aromatic rings. The number of benzene rings is 2. The van der Waals surface area contributed by atoms with Gasteiger partial charge in [-0.25, -0.2) is 4.98 Å². The number of hydrogen-bond acceptors (Lipinski definition) is 5. The quantitative estimate of drug-likeness (QED) is 0.368. The van der Waals surface area contributed by atoms with Gasteiger partial charge in [-0.05, 0) is 29.7 Å². The first kappa shape index (κ1) is 20.6. The second-order valence-corrected chi connectivity index (χ2v) is 7.75. The summed E-state index contributed by atoms with van der Waals surface area (Å²) in [5, 5.41) is 12.3. The number of carbonyl (C=O) groups is 1. The SMILES string of the molecule is CC(C)c1ccccc1-n1c(SCC(=O)NCCC#N)nc2ccccc2c1=O. The third-order valence-electron chi connectivity index (χ3n) is 4.44. The van der Waals surface area contributed by atoms with Crippen molar-refractivity contribution >= 4 is 28.6 Å². The number of nitrogens with zero attached hydrogens (tertiary/aromatic N) is 3. The molecule has 6 nitrogen and oxygen atoms in total. The number of hydrogen-bond donors (Lipinski definition) is 1. The lowest BCUT2D eigenvalue weighted by atomic mass is 10.0. The van der Waals surface area contributed by atoms with Crippen molar-refractivity contribution in [1.82, 2.24) is 14.9 Å². The molecule has 0 saturated heterocycles. The summed E-state index contributed by atoms with van der Waals surface area (Å²) in [4.78, 5) is 30.1. The summed E-state index contributed by atoms with van der Waals surface area (Å²) in [7, 11) is 0. The Morgan fingerprint density at radius 1 is 1.21 bits per heavy atom. The predicted molar refractivity (Wildman–Crippen MR) is 115 cm³/mol. The molecule has 0 aliphatic carbocycles. The van der Waals surface area contributed by atoms with Crippen LogP contribution in [-0.4, -0.2) is 27.8 Å². The number of para-hydroxylation sites is 2. The predicted octanol–water partition coefficient (Wildman–Crippen LogP) is 3.63. The first-order valence-electron chi connectivity index (χ1n) is 9.40. The molecule has 1 heterocycles. The molecule has 148 valence electrons. The summed E-state index contributed by atoms with van der Waals surface area (Å²) in [5.41, 5.74) is 2.25. The second-order valence-electron chi connectivity index (χ2n) is 6.81. The molecule has 3 rings (SSSR count). The Bertz CT molecular complexity index is 1130. The lowest BCUT2D eigenvalue weighted by Gasteiger charge is -2.18. The Labute approximate surface area is 173 Å². The van der Waals surface area contributed by atoms with Crippen LogP contribution in [0.4, 0.5) is 0 Å². The molecule has 1 aromatic heterocycles. The Kier molecular flexibility index (Phi) is 6.68. The minimum Gasteiger partial charge on any atom is -0.354 e. The molecular formula is C22H22N4O2S. The van der Waals surface area contributed by atoms with E-state index in [2.05, 4.69) is 24.1 Å². The number of thioether (sulfide) groups is 1. The molecule has 0 aliphatic heterocycles. The van der Waals surface area contributed by atoms with Crippen LogP contribution in [0.1, 0.15) is 31.7 Å². The molecule has 0 atom stereocenters. The maximum Gasteiger partial charge on any atom is 0.266 e. The van der Waals surface area contributed by atoms with Crippen molar-refractivity contribution in [2.75, 3.05) is 12.3 Å². The van der Waals surface area contributed by atoms with Crippen molar-refractivity contribution in [1.29, 1.82) is 5.26 Å².